The molecule has 5 heteroatoms. The van der Waals surface area contributed by atoms with Crippen LogP contribution in [0.25, 0.3) is 0 Å². The lowest BCUT2D eigenvalue weighted by Gasteiger charge is -2.37. The Labute approximate surface area is 134 Å². The quantitative estimate of drug-likeness (QED) is 0.930. The summed E-state index contributed by atoms with van der Waals surface area (Å²) >= 11 is 0. The van der Waals surface area contributed by atoms with E-state index in [9.17, 15) is 18.7 Å². The molecule has 0 radical (unpaired) electrons. The Hall–Kier alpha value is -1.49. The number of hydrogen-bond donors (Lipinski definition) is 1. The second-order valence-corrected chi connectivity index (χ2v) is 7.53. The van der Waals surface area contributed by atoms with Crippen LogP contribution in [0, 0.1) is 23.1 Å². The van der Waals surface area contributed by atoms with E-state index in [1.165, 1.54) is 12.1 Å². The van der Waals surface area contributed by atoms with E-state index in [1.54, 1.807) is 17.0 Å². The molecule has 1 heterocycles. The van der Waals surface area contributed by atoms with Gasteiger partial charge in [-0.15, -0.1) is 0 Å². The van der Waals surface area contributed by atoms with Crippen molar-refractivity contribution < 1.29 is 18.7 Å². The van der Waals surface area contributed by atoms with E-state index < -0.39 is 6.17 Å². The van der Waals surface area contributed by atoms with Crippen LogP contribution in [-0.4, -0.2) is 35.2 Å². The summed E-state index contributed by atoms with van der Waals surface area (Å²) in [7, 11) is 0. The fraction of sp³-hybridized carbons (Fsp3) is 0.611. The van der Waals surface area contributed by atoms with E-state index in [0.29, 0.717) is 17.9 Å². The normalized spacial score (nSPS) is 38.7. The number of nitrogens with zero attached hydrogens (tertiary/aromatic N) is 1. The Balaban J connectivity index is 1.56. The standard InChI is InChI=1S/C18H21F2NO2/c19-13-3-1-2-11(4-13)16-5-14(20)9-21(16)17(23)15-8-18(10-22)6-12(15)7-18/h1-4,12,14-16,22H,5-10H2. The lowest BCUT2D eigenvalue weighted by Crippen LogP contribution is -2.37. The molecule has 5 rings (SSSR count). The molecule has 4 fully saturated rings. The van der Waals surface area contributed by atoms with Crippen LogP contribution in [0.3, 0.4) is 0 Å². The highest BCUT2D eigenvalue weighted by molar-refractivity contribution is 5.81. The summed E-state index contributed by atoms with van der Waals surface area (Å²) in [6.45, 7) is 0.224. The van der Waals surface area contributed by atoms with Gasteiger partial charge >= 0.3 is 0 Å². The third-order valence-corrected chi connectivity index (χ3v) is 6.03. The van der Waals surface area contributed by atoms with Gasteiger partial charge in [-0.3, -0.25) is 4.79 Å². The van der Waals surface area contributed by atoms with Gasteiger partial charge < -0.3 is 10.0 Å². The number of carbonyl (C=O) groups excluding carboxylic acids is 1. The summed E-state index contributed by atoms with van der Waals surface area (Å²) in [5, 5.41) is 9.50. The van der Waals surface area contributed by atoms with E-state index in [0.717, 1.165) is 12.8 Å². The maximum absolute atomic E-state index is 14.0. The number of fused-ring (bicyclic) bond motifs is 1. The van der Waals surface area contributed by atoms with E-state index >= 15 is 0 Å². The number of amides is 1. The third-order valence-electron chi connectivity index (χ3n) is 6.03. The smallest absolute Gasteiger partial charge is 0.226 e. The predicted octanol–water partition coefficient (Wildman–Crippen LogP) is 2.85. The van der Waals surface area contributed by atoms with E-state index in [2.05, 4.69) is 0 Å². The average Bonchev–Trinajstić information content (AvgIpc) is 3.16. The van der Waals surface area contributed by atoms with Gasteiger partial charge in [0, 0.05) is 18.9 Å². The third kappa shape index (κ3) is 2.36. The van der Waals surface area contributed by atoms with Crippen molar-refractivity contribution in [2.75, 3.05) is 13.2 Å². The monoisotopic (exact) mass is 321 g/mol. The summed E-state index contributed by atoms with van der Waals surface area (Å²) in [5.74, 6) is -0.165. The van der Waals surface area contributed by atoms with Crippen LogP contribution in [0.5, 0.6) is 0 Å². The topological polar surface area (TPSA) is 40.5 Å². The van der Waals surface area contributed by atoms with Gasteiger partial charge in [0.1, 0.15) is 12.0 Å². The van der Waals surface area contributed by atoms with Crippen LogP contribution >= 0.6 is 0 Å². The summed E-state index contributed by atoms with van der Waals surface area (Å²) < 4.78 is 27.5. The summed E-state index contributed by atoms with van der Waals surface area (Å²) in [5.41, 5.74) is 0.592. The Morgan fingerprint density at radius 2 is 2.13 bits per heavy atom. The zero-order valence-electron chi connectivity index (χ0n) is 12.9. The number of rotatable bonds is 3. The van der Waals surface area contributed by atoms with Crippen molar-refractivity contribution in [3.05, 3.63) is 35.6 Å². The van der Waals surface area contributed by atoms with Crippen molar-refractivity contribution in [3.63, 3.8) is 0 Å². The molecular weight excluding hydrogens is 300 g/mol. The van der Waals surface area contributed by atoms with Crippen molar-refractivity contribution in [3.8, 4) is 0 Å². The second kappa shape index (κ2) is 5.26. The van der Waals surface area contributed by atoms with Gasteiger partial charge in [-0.25, -0.2) is 8.78 Å². The zero-order valence-corrected chi connectivity index (χ0v) is 12.9. The minimum absolute atomic E-state index is 0.0164. The maximum atomic E-state index is 14.0. The lowest BCUT2D eigenvalue weighted by molar-refractivity contribution is -0.137. The first-order valence-corrected chi connectivity index (χ1v) is 8.32. The van der Waals surface area contributed by atoms with Crippen molar-refractivity contribution in [2.24, 2.45) is 17.3 Å². The Kier molecular flexibility index (Phi) is 3.45. The van der Waals surface area contributed by atoms with Crippen LogP contribution in [0.4, 0.5) is 8.78 Å². The van der Waals surface area contributed by atoms with Gasteiger partial charge in [0.05, 0.1) is 12.6 Å². The molecule has 0 spiro atoms. The first-order chi connectivity index (χ1) is 11.0. The molecule has 3 nitrogen and oxygen atoms in total. The van der Waals surface area contributed by atoms with Crippen LogP contribution in [0.15, 0.2) is 24.3 Å². The Morgan fingerprint density at radius 1 is 1.35 bits per heavy atom. The molecule has 124 valence electrons. The molecule has 1 aromatic carbocycles. The summed E-state index contributed by atoms with van der Waals surface area (Å²) in [6, 6.07) is 5.74. The Morgan fingerprint density at radius 3 is 2.78 bits per heavy atom. The predicted molar refractivity (Wildman–Crippen MR) is 80.7 cm³/mol. The first-order valence-electron chi connectivity index (χ1n) is 8.32. The van der Waals surface area contributed by atoms with Gasteiger partial charge in [-0.1, -0.05) is 12.1 Å². The molecule has 3 atom stereocenters. The molecular formula is C18H21F2NO2. The van der Waals surface area contributed by atoms with Gasteiger partial charge in [0.2, 0.25) is 5.91 Å². The van der Waals surface area contributed by atoms with E-state index in [-0.39, 0.29) is 48.7 Å². The number of aliphatic hydroxyl groups is 1. The van der Waals surface area contributed by atoms with Gasteiger partial charge in [0.25, 0.3) is 0 Å². The molecule has 2 bridgehead atoms. The molecule has 1 N–H and O–H groups in total. The number of likely N-dealkylation sites (tertiary alicyclic amines) is 1. The average molecular weight is 321 g/mol. The minimum Gasteiger partial charge on any atom is -0.396 e. The molecule has 4 aliphatic rings. The molecule has 0 aromatic heterocycles. The molecule has 3 aliphatic carbocycles. The molecule has 1 saturated heterocycles. The number of aliphatic hydroxyl groups excluding tert-OH is 1. The number of hydrogen-bond acceptors (Lipinski definition) is 2. The van der Waals surface area contributed by atoms with Crippen LogP contribution in [0.1, 0.15) is 37.3 Å². The Bertz CT molecular complexity index is 629. The molecule has 1 aliphatic heterocycles. The summed E-state index contributed by atoms with van der Waals surface area (Å²) in [6.07, 6.45) is 1.68. The second-order valence-electron chi connectivity index (χ2n) is 7.53. The van der Waals surface area contributed by atoms with Crippen molar-refractivity contribution in [2.45, 2.75) is 37.9 Å². The summed E-state index contributed by atoms with van der Waals surface area (Å²) in [4.78, 5) is 14.5. The molecule has 1 aromatic rings. The van der Waals surface area contributed by atoms with Gasteiger partial charge in [-0.2, -0.15) is 0 Å². The molecule has 3 saturated carbocycles. The number of benzene rings is 1. The van der Waals surface area contributed by atoms with Crippen molar-refractivity contribution in [1.29, 1.82) is 0 Å². The fourth-order valence-electron chi connectivity index (χ4n) is 4.89. The van der Waals surface area contributed by atoms with Crippen molar-refractivity contribution in [1.82, 2.24) is 4.90 Å². The fourth-order valence-corrected chi connectivity index (χ4v) is 4.89. The molecule has 3 unspecified atom stereocenters. The van der Waals surface area contributed by atoms with Crippen LogP contribution in [0.2, 0.25) is 0 Å². The largest absolute Gasteiger partial charge is 0.396 e. The van der Waals surface area contributed by atoms with Crippen molar-refractivity contribution >= 4 is 5.91 Å². The molecule has 1 amide bonds. The maximum Gasteiger partial charge on any atom is 0.226 e. The van der Waals surface area contributed by atoms with Gasteiger partial charge in [0.15, 0.2) is 0 Å². The molecule has 23 heavy (non-hydrogen) atoms. The van der Waals surface area contributed by atoms with Gasteiger partial charge in [-0.05, 0) is 48.3 Å². The number of alkyl halides is 1. The number of halogens is 2. The van der Waals surface area contributed by atoms with Crippen LogP contribution < -0.4 is 0 Å². The van der Waals surface area contributed by atoms with E-state index in [1.807, 2.05) is 0 Å². The SMILES string of the molecule is O=C(C1CC2(CO)CC1C2)N1CC(F)CC1c1cccc(F)c1. The van der Waals surface area contributed by atoms with Crippen LogP contribution in [-0.2, 0) is 4.79 Å². The lowest BCUT2D eigenvalue weighted by atomic mass is 9.70. The highest BCUT2D eigenvalue weighted by atomic mass is 19.1. The first kappa shape index (κ1) is 15.1. The van der Waals surface area contributed by atoms with E-state index in [4.69, 9.17) is 0 Å². The zero-order chi connectivity index (χ0) is 16.2. The minimum atomic E-state index is -1.06. The highest BCUT2D eigenvalue weighted by Gasteiger charge is 2.59. The number of carbonyl (C=O) groups is 1. The highest BCUT2D eigenvalue weighted by Crippen LogP contribution is 2.62.